The molecule has 1 amide bonds. The van der Waals surface area contributed by atoms with Crippen LogP contribution in [0.3, 0.4) is 0 Å². The van der Waals surface area contributed by atoms with Crippen LogP contribution < -0.4 is 16.4 Å². The SMILES string of the molecule is Cc1cc[n+]2c(c1)-c1cc(CCC(=O)NCCOCCOCCOCCOCCCCCCCl)cc[n+]1I21([n+]2cc(C(F)(F)F)ccc2-c2ccc(F)cc2F)c2cc(F)cc(F)c2-c2ccc(C(F)(F)F)c[n+]21. The number of unbranched alkanes of at least 4 members (excludes halogenated alkanes) is 3. The van der Waals surface area contributed by atoms with Gasteiger partial charge in [-0.3, -0.25) is 0 Å². The number of ether oxygens (including phenoxy) is 4. The van der Waals surface area contributed by atoms with Gasteiger partial charge in [0, 0.05) is 12.5 Å². The van der Waals surface area contributed by atoms with Gasteiger partial charge in [0.05, 0.1) is 33.0 Å². The van der Waals surface area contributed by atoms with Gasteiger partial charge in [0.2, 0.25) is 0 Å². The molecule has 0 unspecified atom stereocenters. The molecular formula is C52H53ClF10IN5O5+4. The summed E-state index contributed by atoms with van der Waals surface area (Å²) in [4.78, 5) is 13.2. The van der Waals surface area contributed by atoms with Gasteiger partial charge in [0.15, 0.2) is 0 Å². The zero-order valence-electron chi connectivity index (χ0n) is 40.0. The minimum absolute atomic E-state index is 0.0593. The number of amides is 1. The third-order valence-electron chi connectivity index (χ3n) is 12.4. The van der Waals surface area contributed by atoms with E-state index >= 15 is 39.5 Å². The fraction of sp³-hybridized carbons (Fsp3) is 0.365. The molecule has 0 atom stereocenters. The number of alkyl halides is 7. The summed E-state index contributed by atoms with van der Waals surface area (Å²) < 4.78 is 181. The summed E-state index contributed by atoms with van der Waals surface area (Å²) in [6.07, 6.45) is -1.90. The van der Waals surface area contributed by atoms with Crippen molar-refractivity contribution in [3.05, 3.63) is 153 Å². The first-order valence-corrected chi connectivity index (χ1v) is 29.2. The van der Waals surface area contributed by atoms with Crippen LogP contribution in [-0.4, -0.2) is 71.2 Å². The van der Waals surface area contributed by atoms with E-state index in [0.29, 0.717) is 93.3 Å². The van der Waals surface area contributed by atoms with Gasteiger partial charge in [0.25, 0.3) is 0 Å². The topological polar surface area (TPSA) is 81.5 Å². The Labute approximate surface area is 427 Å². The first kappa shape index (κ1) is 54.9. The first-order chi connectivity index (χ1) is 35.4. The molecule has 6 heterocycles. The third kappa shape index (κ3) is 10.6. The standard InChI is InChI=1S/C52H52ClF10IN5O5/c1-35-14-18-66-47(28-35)48-29-36(6-13-49(70)65-17-21-72-23-25-74-27-26-73-24-22-71-20-5-3-2-4-16-53)15-19-67(48)64(66,68-33-37(51(58,59)60)7-11-45(68)41-10-9-39(54)30-42(41)56)44-32-40(55)31-43(57)50(44)46-12-8-38(34-69(46)64)52(61,62)63/h7-12,14-15,18-19,28-34H,2-6,13,16-17,20-27H2,1H3/q+3/p+1. The molecule has 2 aliphatic heterocycles. The molecule has 0 fully saturated rings. The normalized spacial score (nSPS) is 14.6. The van der Waals surface area contributed by atoms with Crippen molar-refractivity contribution in [2.24, 2.45) is 0 Å². The van der Waals surface area contributed by atoms with Crippen LogP contribution in [0, 0.1) is 33.8 Å². The second kappa shape index (κ2) is 22.9. The van der Waals surface area contributed by atoms with Crippen molar-refractivity contribution in [1.29, 1.82) is 0 Å². The summed E-state index contributed by atoms with van der Waals surface area (Å²) in [6, 6.07) is 13.3. The summed E-state index contributed by atoms with van der Waals surface area (Å²) in [5.74, 6) is -4.41. The summed E-state index contributed by atoms with van der Waals surface area (Å²) in [7, 11) is 0. The van der Waals surface area contributed by atoms with E-state index < -0.39 is 81.7 Å². The maximum atomic E-state index is 16.8. The molecule has 0 bridgehead atoms. The minimum atomic E-state index is -7.12. The molecule has 8 rings (SSSR count). The number of pyridine rings is 4. The second-order valence-corrected chi connectivity index (χ2v) is 27.6. The predicted octanol–water partition coefficient (Wildman–Crippen LogP) is 9.88. The molecule has 74 heavy (non-hydrogen) atoms. The number of nitrogens with zero attached hydrogens (tertiary/aromatic N) is 4. The zero-order valence-corrected chi connectivity index (χ0v) is 42.9. The van der Waals surface area contributed by atoms with Crippen molar-refractivity contribution in [3.8, 4) is 33.9 Å². The molecular weight excluding hydrogens is 1130 g/mol. The molecule has 0 saturated heterocycles. The average Bonchev–Trinajstić information content (AvgIpc) is 3.76. The van der Waals surface area contributed by atoms with Gasteiger partial charge in [0.1, 0.15) is 0 Å². The van der Waals surface area contributed by atoms with Crippen LogP contribution in [0.4, 0.5) is 43.9 Å². The molecule has 0 aliphatic carbocycles. The van der Waals surface area contributed by atoms with Crippen LogP contribution >= 0.6 is 29.7 Å². The number of aromatic nitrogens is 4. The van der Waals surface area contributed by atoms with Gasteiger partial charge in [-0.2, -0.15) is 0 Å². The molecule has 2 aromatic carbocycles. The molecule has 0 radical (unpaired) electrons. The van der Waals surface area contributed by atoms with Crippen molar-refractivity contribution < 1.29 is 78.8 Å². The quantitative estimate of drug-likeness (QED) is 0.0299. The van der Waals surface area contributed by atoms with Crippen LogP contribution in [0.25, 0.3) is 33.9 Å². The maximum absolute atomic E-state index is 16.8. The average molecular weight is 1180 g/mol. The number of carbonyl (C=O) groups excluding carboxylic acids is 1. The van der Waals surface area contributed by atoms with Gasteiger partial charge in [-0.1, -0.05) is 12.8 Å². The fourth-order valence-corrected chi connectivity index (χ4v) is 25.4. The van der Waals surface area contributed by atoms with Crippen molar-refractivity contribution in [1.82, 2.24) is 5.32 Å². The van der Waals surface area contributed by atoms with E-state index in [-0.39, 0.29) is 59.2 Å². The summed E-state index contributed by atoms with van der Waals surface area (Å²) in [6.45, 7) is 5.02. The predicted molar refractivity (Wildman–Crippen MR) is 259 cm³/mol. The van der Waals surface area contributed by atoms with Gasteiger partial charge in [-0.05, 0) is 12.8 Å². The Morgan fingerprint density at radius 3 is 1.78 bits per heavy atom. The third-order valence-corrected chi connectivity index (χ3v) is 26.6. The summed E-state index contributed by atoms with van der Waals surface area (Å²) >= 11 is -1.44. The fourth-order valence-electron chi connectivity index (χ4n) is 9.07. The van der Waals surface area contributed by atoms with Crippen molar-refractivity contribution >= 4 is 35.7 Å². The number of benzene rings is 2. The summed E-state index contributed by atoms with van der Waals surface area (Å²) in [5, 5.41) is 2.79. The Bertz CT molecular complexity index is 3040. The first-order valence-electron chi connectivity index (χ1n) is 23.7. The number of halogens is 12. The Balaban J connectivity index is 1.11. The van der Waals surface area contributed by atoms with Crippen molar-refractivity contribution in [2.45, 2.75) is 57.8 Å². The van der Waals surface area contributed by atoms with E-state index in [2.05, 4.69) is 5.32 Å². The molecule has 1 N–H and O–H groups in total. The number of rotatable bonds is 23. The van der Waals surface area contributed by atoms with Crippen LogP contribution in [0.2, 0.25) is 0 Å². The zero-order chi connectivity index (χ0) is 52.9. The number of fused-ring (bicyclic) bond motifs is 10. The molecule has 1 spiro atoms. The van der Waals surface area contributed by atoms with Gasteiger partial charge >= 0.3 is 332 Å². The Hall–Kier alpha value is -5.33. The number of carbonyl (C=O) groups is 1. The molecule has 10 nitrogen and oxygen atoms in total. The van der Waals surface area contributed by atoms with E-state index in [1.54, 1.807) is 25.1 Å². The van der Waals surface area contributed by atoms with Crippen LogP contribution in [0.15, 0.2) is 104 Å². The molecule has 396 valence electrons. The van der Waals surface area contributed by atoms with E-state index in [0.717, 1.165) is 61.6 Å². The van der Waals surface area contributed by atoms with Crippen molar-refractivity contribution in [2.75, 3.05) is 65.3 Å². The second-order valence-electron chi connectivity index (χ2n) is 17.4. The number of nitrogens with one attached hydrogen (secondary N) is 1. The molecule has 2 aliphatic rings. The van der Waals surface area contributed by atoms with Crippen LogP contribution in [0.1, 0.15) is 54.4 Å². The number of aryl methyl sites for hydroxylation is 2. The van der Waals surface area contributed by atoms with E-state index in [1.807, 2.05) is 0 Å². The number of hydrogen-bond acceptors (Lipinski definition) is 5. The van der Waals surface area contributed by atoms with Gasteiger partial charge < -0.3 is 14.2 Å². The Morgan fingerprint density at radius 2 is 1.15 bits per heavy atom. The number of hydrogen-bond donors (Lipinski definition) is 1. The summed E-state index contributed by atoms with van der Waals surface area (Å²) in [5.41, 5.74) is -2.69. The van der Waals surface area contributed by atoms with Gasteiger partial charge in [-0.25, -0.2) is 0 Å². The molecule has 0 saturated carbocycles. The van der Waals surface area contributed by atoms with Crippen LogP contribution in [0.5, 0.6) is 0 Å². The van der Waals surface area contributed by atoms with Crippen LogP contribution in [-0.2, 0) is 42.5 Å². The van der Waals surface area contributed by atoms with Gasteiger partial charge in [-0.15, -0.1) is 11.6 Å². The molecule has 22 heteroatoms. The molecule has 6 aromatic rings. The Morgan fingerprint density at radius 1 is 0.581 bits per heavy atom. The van der Waals surface area contributed by atoms with E-state index in [1.165, 1.54) is 24.0 Å². The monoisotopic (exact) mass is 1180 g/mol. The van der Waals surface area contributed by atoms with E-state index in [4.69, 9.17) is 30.5 Å². The van der Waals surface area contributed by atoms with Crippen molar-refractivity contribution in [3.63, 3.8) is 0 Å². The molecule has 4 aromatic heterocycles. The van der Waals surface area contributed by atoms with E-state index in [9.17, 15) is 9.18 Å². The Kier molecular flexibility index (Phi) is 17.0.